The zero-order chi connectivity index (χ0) is 14.1. The van der Waals surface area contributed by atoms with Crippen LogP contribution in [-0.4, -0.2) is 19.1 Å². The maximum absolute atomic E-state index is 11.6. The van der Waals surface area contributed by atoms with E-state index in [0.29, 0.717) is 24.6 Å². The second-order valence-electron chi connectivity index (χ2n) is 5.07. The van der Waals surface area contributed by atoms with Crippen molar-refractivity contribution in [2.75, 3.05) is 24.3 Å². The first-order chi connectivity index (χ1) is 9.08. The summed E-state index contributed by atoms with van der Waals surface area (Å²) in [5, 5.41) is 2.80. The van der Waals surface area contributed by atoms with E-state index < -0.39 is 0 Å². The summed E-state index contributed by atoms with van der Waals surface area (Å²) in [7, 11) is 0. The lowest BCUT2D eigenvalue weighted by Gasteiger charge is -2.07. The van der Waals surface area contributed by atoms with E-state index in [1.165, 1.54) is 0 Å². The standard InChI is InChI=1S/C15H24N2O2/c1-12(2)4-3-10-19-11-9-15(18)17-14-7-5-13(16)6-8-14/h5-8,12H,3-4,9-11,16H2,1-2H3,(H,17,18). The Morgan fingerprint density at radius 1 is 1.26 bits per heavy atom. The number of hydrogen-bond acceptors (Lipinski definition) is 3. The molecule has 3 N–H and O–H groups in total. The van der Waals surface area contributed by atoms with Crippen LogP contribution >= 0.6 is 0 Å². The Kier molecular flexibility index (Phi) is 6.97. The smallest absolute Gasteiger partial charge is 0.226 e. The molecule has 0 radical (unpaired) electrons. The zero-order valence-electron chi connectivity index (χ0n) is 11.8. The monoisotopic (exact) mass is 264 g/mol. The Balaban J connectivity index is 2.09. The lowest BCUT2D eigenvalue weighted by Crippen LogP contribution is -2.14. The fourth-order valence-electron chi connectivity index (χ4n) is 1.65. The van der Waals surface area contributed by atoms with Crippen molar-refractivity contribution >= 4 is 17.3 Å². The van der Waals surface area contributed by atoms with Gasteiger partial charge in [-0.3, -0.25) is 4.79 Å². The highest BCUT2D eigenvalue weighted by molar-refractivity contribution is 5.90. The molecule has 0 saturated carbocycles. The van der Waals surface area contributed by atoms with Crippen LogP contribution in [-0.2, 0) is 9.53 Å². The lowest BCUT2D eigenvalue weighted by atomic mass is 10.1. The first kappa shape index (κ1) is 15.5. The Morgan fingerprint density at radius 3 is 2.58 bits per heavy atom. The van der Waals surface area contributed by atoms with E-state index in [-0.39, 0.29) is 5.91 Å². The van der Waals surface area contributed by atoms with Gasteiger partial charge in [0.05, 0.1) is 13.0 Å². The molecular weight excluding hydrogens is 240 g/mol. The maximum atomic E-state index is 11.6. The molecule has 0 aliphatic heterocycles. The molecule has 4 heteroatoms. The van der Waals surface area contributed by atoms with Crippen molar-refractivity contribution in [1.29, 1.82) is 0 Å². The van der Waals surface area contributed by atoms with Gasteiger partial charge in [-0.05, 0) is 43.0 Å². The highest BCUT2D eigenvalue weighted by atomic mass is 16.5. The summed E-state index contributed by atoms with van der Waals surface area (Å²) in [5.74, 6) is 0.672. The summed E-state index contributed by atoms with van der Waals surface area (Å²) in [4.78, 5) is 11.6. The number of carbonyl (C=O) groups excluding carboxylic acids is 1. The predicted octanol–water partition coefficient (Wildman–Crippen LogP) is 3.05. The molecule has 0 aromatic heterocycles. The fourth-order valence-corrected chi connectivity index (χ4v) is 1.65. The van der Waals surface area contributed by atoms with Crippen molar-refractivity contribution in [1.82, 2.24) is 0 Å². The second kappa shape index (κ2) is 8.53. The van der Waals surface area contributed by atoms with Gasteiger partial charge < -0.3 is 15.8 Å². The van der Waals surface area contributed by atoms with Crippen LogP contribution in [0.1, 0.15) is 33.1 Å². The van der Waals surface area contributed by atoms with Gasteiger partial charge in [-0.2, -0.15) is 0 Å². The van der Waals surface area contributed by atoms with Crippen LogP contribution < -0.4 is 11.1 Å². The van der Waals surface area contributed by atoms with Crippen LogP contribution in [0.3, 0.4) is 0 Å². The molecular formula is C15H24N2O2. The Bertz CT molecular complexity index is 374. The van der Waals surface area contributed by atoms with Gasteiger partial charge in [0.1, 0.15) is 0 Å². The van der Waals surface area contributed by atoms with Crippen LogP contribution in [0.4, 0.5) is 11.4 Å². The predicted molar refractivity (Wildman–Crippen MR) is 79.0 cm³/mol. The Morgan fingerprint density at radius 2 is 1.95 bits per heavy atom. The van der Waals surface area contributed by atoms with Crippen LogP contribution in [0, 0.1) is 5.92 Å². The minimum Gasteiger partial charge on any atom is -0.399 e. The van der Waals surface area contributed by atoms with Crippen molar-refractivity contribution in [3.8, 4) is 0 Å². The van der Waals surface area contributed by atoms with E-state index in [9.17, 15) is 4.79 Å². The number of amides is 1. The summed E-state index contributed by atoms with van der Waals surface area (Å²) in [6, 6.07) is 7.10. The molecule has 106 valence electrons. The normalized spacial score (nSPS) is 10.7. The maximum Gasteiger partial charge on any atom is 0.226 e. The fraction of sp³-hybridized carbons (Fsp3) is 0.533. The molecule has 0 aliphatic rings. The van der Waals surface area contributed by atoms with Gasteiger partial charge in [-0.25, -0.2) is 0 Å². The number of carbonyl (C=O) groups is 1. The van der Waals surface area contributed by atoms with Crippen LogP contribution in [0.15, 0.2) is 24.3 Å². The van der Waals surface area contributed by atoms with Gasteiger partial charge in [-0.1, -0.05) is 13.8 Å². The summed E-state index contributed by atoms with van der Waals surface area (Å²) in [6.07, 6.45) is 2.60. The average molecular weight is 264 g/mol. The molecule has 1 amide bonds. The number of nitrogen functional groups attached to an aromatic ring is 1. The number of nitrogens with two attached hydrogens (primary N) is 1. The van der Waals surface area contributed by atoms with Crippen molar-refractivity contribution in [2.45, 2.75) is 33.1 Å². The summed E-state index contributed by atoms with van der Waals surface area (Å²) in [6.45, 7) is 5.59. The largest absolute Gasteiger partial charge is 0.399 e. The molecule has 1 aromatic carbocycles. The van der Waals surface area contributed by atoms with Crippen molar-refractivity contribution < 1.29 is 9.53 Å². The molecule has 19 heavy (non-hydrogen) atoms. The quantitative estimate of drug-likeness (QED) is 0.560. The van der Waals surface area contributed by atoms with E-state index in [2.05, 4.69) is 19.2 Å². The minimum atomic E-state index is -0.0337. The molecule has 0 fully saturated rings. The first-order valence-corrected chi connectivity index (χ1v) is 6.81. The number of benzene rings is 1. The third-order valence-electron chi connectivity index (χ3n) is 2.74. The number of ether oxygens (including phenoxy) is 1. The second-order valence-corrected chi connectivity index (χ2v) is 5.07. The van der Waals surface area contributed by atoms with Gasteiger partial charge >= 0.3 is 0 Å². The number of rotatable bonds is 8. The summed E-state index contributed by atoms with van der Waals surface area (Å²) in [5.41, 5.74) is 7.02. The van der Waals surface area contributed by atoms with E-state index in [4.69, 9.17) is 10.5 Å². The first-order valence-electron chi connectivity index (χ1n) is 6.81. The summed E-state index contributed by atoms with van der Waals surface area (Å²) >= 11 is 0. The van der Waals surface area contributed by atoms with Gasteiger partial charge in [0.2, 0.25) is 5.91 Å². The molecule has 1 aromatic rings. The van der Waals surface area contributed by atoms with E-state index >= 15 is 0 Å². The Hall–Kier alpha value is -1.55. The van der Waals surface area contributed by atoms with Gasteiger partial charge in [0.15, 0.2) is 0 Å². The highest BCUT2D eigenvalue weighted by Gasteiger charge is 2.02. The summed E-state index contributed by atoms with van der Waals surface area (Å²) < 4.78 is 5.43. The van der Waals surface area contributed by atoms with Crippen molar-refractivity contribution in [3.05, 3.63) is 24.3 Å². The minimum absolute atomic E-state index is 0.0337. The van der Waals surface area contributed by atoms with Crippen LogP contribution in [0.2, 0.25) is 0 Å². The molecule has 0 unspecified atom stereocenters. The van der Waals surface area contributed by atoms with Gasteiger partial charge in [-0.15, -0.1) is 0 Å². The SMILES string of the molecule is CC(C)CCCOCCC(=O)Nc1ccc(N)cc1. The van der Waals surface area contributed by atoms with Crippen LogP contribution in [0.5, 0.6) is 0 Å². The lowest BCUT2D eigenvalue weighted by molar-refractivity contribution is -0.117. The van der Waals surface area contributed by atoms with E-state index in [1.807, 2.05) is 0 Å². The third-order valence-corrected chi connectivity index (χ3v) is 2.74. The van der Waals surface area contributed by atoms with Crippen LogP contribution in [0.25, 0.3) is 0 Å². The Labute approximate surface area is 115 Å². The number of anilines is 2. The van der Waals surface area contributed by atoms with Gasteiger partial charge in [0.25, 0.3) is 0 Å². The van der Waals surface area contributed by atoms with E-state index in [0.717, 1.165) is 25.1 Å². The molecule has 0 bridgehead atoms. The topological polar surface area (TPSA) is 64.3 Å². The molecule has 0 atom stereocenters. The van der Waals surface area contributed by atoms with Crippen molar-refractivity contribution in [3.63, 3.8) is 0 Å². The van der Waals surface area contributed by atoms with E-state index in [1.54, 1.807) is 24.3 Å². The third kappa shape index (κ3) is 7.47. The molecule has 0 aliphatic carbocycles. The zero-order valence-corrected chi connectivity index (χ0v) is 11.8. The highest BCUT2D eigenvalue weighted by Crippen LogP contribution is 2.10. The molecule has 1 rings (SSSR count). The molecule has 0 heterocycles. The molecule has 0 saturated heterocycles. The van der Waals surface area contributed by atoms with Gasteiger partial charge in [0, 0.05) is 18.0 Å². The molecule has 0 spiro atoms. The molecule has 4 nitrogen and oxygen atoms in total. The number of nitrogens with one attached hydrogen (secondary N) is 1. The van der Waals surface area contributed by atoms with Crippen molar-refractivity contribution in [2.24, 2.45) is 5.92 Å². The average Bonchev–Trinajstić information content (AvgIpc) is 2.36. The number of hydrogen-bond donors (Lipinski definition) is 2.